The molecule has 2 N–H and O–H groups in total. The zero-order valence-electron chi connectivity index (χ0n) is 12.6. The maximum absolute atomic E-state index is 6.74. The number of halogens is 1. The first-order chi connectivity index (χ1) is 8.91. The van der Waals surface area contributed by atoms with Crippen LogP contribution >= 0.6 is 11.6 Å². The molecule has 0 saturated heterocycles. The van der Waals surface area contributed by atoms with Gasteiger partial charge in [-0.1, -0.05) is 51.4 Å². The summed E-state index contributed by atoms with van der Waals surface area (Å²) in [6.07, 6.45) is 0.977. The molecule has 0 amide bonds. The Kier molecular flexibility index (Phi) is 6.31. The number of benzene rings is 1. The maximum atomic E-state index is 6.74. The standard InChI is InChI=1S/C16H27ClN2/c1-5-19(6-2)12-16(18,11-13(3)4)14-7-9-15(17)10-8-14/h7-10,13H,5-6,11-12,18H2,1-4H3. The van der Waals surface area contributed by atoms with E-state index in [1.54, 1.807) is 0 Å². The van der Waals surface area contributed by atoms with Gasteiger partial charge in [0.2, 0.25) is 0 Å². The monoisotopic (exact) mass is 282 g/mol. The van der Waals surface area contributed by atoms with Crippen LogP contribution in [0, 0.1) is 5.92 Å². The number of likely N-dealkylation sites (N-methyl/N-ethyl adjacent to an activating group) is 1. The summed E-state index contributed by atoms with van der Waals surface area (Å²) in [5.74, 6) is 0.566. The molecule has 0 spiro atoms. The zero-order valence-corrected chi connectivity index (χ0v) is 13.4. The Hall–Kier alpha value is -0.570. The van der Waals surface area contributed by atoms with Crippen molar-refractivity contribution in [1.29, 1.82) is 0 Å². The van der Waals surface area contributed by atoms with Crippen LogP contribution in [-0.2, 0) is 5.54 Å². The summed E-state index contributed by atoms with van der Waals surface area (Å²) < 4.78 is 0. The van der Waals surface area contributed by atoms with Crippen molar-refractivity contribution in [2.75, 3.05) is 19.6 Å². The van der Waals surface area contributed by atoms with Crippen LogP contribution in [0.5, 0.6) is 0 Å². The third-order valence-corrected chi connectivity index (χ3v) is 3.84. The molecule has 1 aromatic carbocycles. The van der Waals surface area contributed by atoms with Gasteiger partial charge in [0.05, 0.1) is 5.54 Å². The molecule has 0 aromatic heterocycles. The minimum Gasteiger partial charge on any atom is -0.320 e. The van der Waals surface area contributed by atoms with Crippen LogP contribution in [-0.4, -0.2) is 24.5 Å². The molecule has 0 aliphatic heterocycles. The van der Waals surface area contributed by atoms with Crippen LogP contribution < -0.4 is 5.73 Å². The molecule has 2 nitrogen and oxygen atoms in total. The topological polar surface area (TPSA) is 29.3 Å². The van der Waals surface area contributed by atoms with E-state index >= 15 is 0 Å². The predicted molar refractivity (Wildman–Crippen MR) is 84.6 cm³/mol. The molecule has 0 fully saturated rings. The fraction of sp³-hybridized carbons (Fsp3) is 0.625. The first-order valence-electron chi connectivity index (χ1n) is 7.18. The van der Waals surface area contributed by atoms with Crippen molar-refractivity contribution in [3.8, 4) is 0 Å². The summed E-state index contributed by atoms with van der Waals surface area (Å²) in [6, 6.07) is 7.99. The molecule has 1 rings (SSSR count). The molecule has 0 saturated carbocycles. The van der Waals surface area contributed by atoms with Crippen molar-refractivity contribution in [2.24, 2.45) is 11.7 Å². The lowest BCUT2D eigenvalue weighted by Crippen LogP contribution is -2.48. The normalized spacial score (nSPS) is 14.9. The van der Waals surface area contributed by atoms with E-state index < -0.39 is 0 Å². The third kappa shape index (κ3) is 4.79. The van der Waals surface area contributed by atoms with Crippen molar-refractivity contribution in [3.05, 3.63) is 34.9 Å². The zero-order chi connectivity index (χ0) is 14.5. The van der Waals surface area contributed by atoms with Gasteiger partial charge in [-0.25, -0.2) is 0 Å². The highest BCUT2D eigenvalue weighted by Gasteiger charge is 2.30. The van der Waals surface area contributed by atoms with Crippen LogP contribution in [0.15, 0.2) is 24.3 Å². The molecular weight excluding hydrogens is 256 g/mol. The molecule has 1 aromatic rings. The summed E-state index contributed by atoms with van der Waals surface area (Å²) in [4.78, 5) is 2.39. The van der Waals surface area contributed by atoms with Gasteiger partial charge in [-0.05, 0) is 43.1 Å². The van der Waals surface area contributed by atoms with E-state index in [9.17, 15) is 0 Å². The lowest BCUT2D eigenvalue weighted by molar-refractivity contribution is 0.202. The Balaban J connectivity index is 3.00. The van der Waals surface area contributed by atoms with Gasteiger partial charge in [-0.3, -0.25) is 0 Å². The average molecular weight is 283 g/mol. The maximum Gasteiger partial charge on any atom is 0.0541 e. The van der Waals surface area contributed by atoms with Crippen molar-refractivity contribution in [1.82, 2.24) is 4.90 Å². The van der Waals surface area contributed by atoms with Gasteiger partial charge in [-0.15, -0.1) is 0 Å². The fourth-order valence-corrected chi connectivity index (χ4v) is 2.76. The van der Waals surface area contributed by atoms with Crippen molar-refractivity contribution < 1.29 is 0 Å². The summed E-state index contributed by atoms with van der Waals surface area (Å²) in [5, 5.41) is 0.762. The molecule has 1 unspecified atom stereocenters. The lowest BCUT2D eigenvalue weighted by Gasteiger charge is -2.36. The molecule has 0 bridgehead atoms. The van der Waals surface area contributed by atoms with Crippen LogP contribution in [0.3, 0.4) is 0 Å². The van der Waals surface area contributed by atoms with Gasteiger partial charge < -0.3 is 10.6 Å². The molecule has 108 valence electrons. The Morgan fingerprint density at radius 3 is 2.11 bits per heavy atom. The van der Waals surface area contributed by atoms with Crippen LogP contribution in [0.2, 0.25) is 5.02 Å². The van der Waals surface area contributed by atoms with E-state index in [4.69, 9.17) is 17.3 Å². The van der Waals surface area contributed by atoms with E-state index in [1.165, 1.54) is 5.56 Å². The molecule has 0 aliphatic rings. The molecule has 0 radical (unpaired) electrons. The summed E-state index contributed by atoms with van der Waals surface area (Å²) in [6.45, 7) is 11.8. The minimum atomic E-state index is -0.301. The van der Waals surface area contributed by atoms with Crippen molar-refractivity contribution in [2.45, 2.75) is 39.7 Å². The molecule has 3 heteroatoms. The second-order valence-electron chi connectivity index (χ2n) is 5.72. The van der Waals surface area contributed by atoms with Crippen LogP contribution in [0.4, 0.5) is 0 Å². The number of nitrogens with zero attached hydrogens (tertiary/aromatic N) is 1. The fourth-order valence-electron chi connectivity index (χ4n) is 2.63. The first kappa shape index (κ1) is 16.5. The molecular formula is C16H27ClN2. The number of nitrogens with two attached hydrogens (primary N) is 1. The van der Waals surface area contributed by atoms with Gasteiger partial charge in [0, 0.05) is 11.6 Å². The van der Waals surface area contributed by atoms with Crippen LogP contribution in [0.1, 0.15) is 39.7 Å². The first-order valence-corrected chi connectivity index (χ1v) is 7.56. The highest BCUT2D eigenvalue weighted by atomic mass is 35.5. The predicted octanol–water partition coefficient (Wildman–Crippen LogP) is 3.88. The highest BCUT2D eigenvalue weighted by molar-refractivity contribution is 6.30. The number of rotatable bonds is 7. The van der Waals surface area contributed by atoms with E-state index in [-0.39, 0.29) is 5.54 Å². The average Bonchev–Trinajstić information content (AvgIpc) is 2.35. The number of hydrogen-bond acceptors (Lipinski definition) is 2. The highest BCUT2D eigenvalue weighted by Crippen LogP contribution is 2.28. The molecule has 1 atom stereocenters. The Bertz CT molecular complexity index is 371. The lowest BCUT2D eigenvalue weighted by atomic mass is 9.82. The van der Waals surface area contributed by atoms with Gasteiger partial charge in [0.25, 0.3) is 0 Å². The Morgan fingerprint density at radius 2 is 1.68 bits per heavy atom. The number of hydrogen-bond donors (Lipinski definition) is 1. The van der Waals surface area contributed by atoms with E-state index in [0.29, 0.717) is 5.92 Å². The van der Waals surface area contributed by atoms with E-state index in [0.717, 1.165) is 31.1 Å². The minimum absolute atomic E-state index is 0.301. The molecule has 0 aliphatic carbocycles. The second-order valence-corrected chi connectivity index (χ2v) is 6.16. The van der Waals surface area contributed by atoms with Gasteiger partial charge >= 0.3 is 0 Å². The summed E-state index contributed by atoms with van der Waals surface area (Å²) in [7, 11) is 0. The smallest absolute Gasteiger partial charge is 0.0541 e. The summed E-state index contributed by atoms with van der Waals surface area (Å²) >= 11 is 5.98. The second kappa shape index (κ2) is 7.28. The SMILES string of the molecule is CCN(CC)CC(N)(CC(C)C)c1ccc(Cl)cc1. The third-order valence-electron chi connectivity index (χ3n) is 3.59. The van der Waals surface area contributed by atoms with Gasteiger partial charge in [-0.2, -0.15) is 0 Å². The van der Waals surface area contributed by atoms with Crippen molar-refractivity contribution >= 4 is 11.6 Å². The van der Waals surface area contributed by atoms with E-state index in [1.807, 2.05) is 12.1 Å². The summed E-state index contributed by atoms with van der Waals surface area (Å²) in [5.41, 5.74) is 7.62. The van der Waals surface area contributed by atoms with Gasteiger partial charge in [0.1, 0.15) is 0 Å². The quantitative estimate of drug-likeness (QED) is 0.822. The van der Waals surface area contributed by atoms with Gasteiger partial charge in [0.15, 0.2) is 0 Å². The Labute approximate surface area is 122 Å². The largest absolute Gasteiger partial charge is 0.320 e. The van der Waals surface area contributed by atoms with E-state index in [2.05, 4.69) is 44.7 Å². The van der Waals surface area contributed by atoms with Crippen LogP contribution in [0.25, 0.3) is 0 Å². The Morgan fingerprint density at radius 1 is 1.16 bits per heavy atom. The van der Waals surface area contributed by atoms with Crippen molar-refractivity contribution in [3.63, 3.8) is 0 Å². The molecule has 19 heavy (non-hydrogen) atoms. The molecule has 0 heterocycles.